The molecular formula is C16H17Cl2N. The monoisotopic (exact) mass is 293 g/mol. The number of benzene rings is 2. The van der Waals surface area contributed by atoms with E-state index in [0.29, 0.717) is 16.1 Å². The van der Waals surface area contributed by atoms with Gasteiger partial charge in [-0.2, -0.15) is 0 Å². The maximum Gasteiger partial charge on any atom is 0.0424 e. The summed E-state index contributed by atoms with van der Waals surface area (Å²) in [5, 5.41) is 4.84. The van der Waals surface area contributed by atoms with Crippen molar-refractivity contribution in [1.82, 2.24) is 5.32 Å². The van der Waals surface area contributed by atoms with Crippen molar-refractivity contribution in [2.45, 2.75) is 26.4 Å². The lowest BCUT2D eigenvalue weighted by Gasteiger charge is -2.16. The maximum absolute atomic E-state index is 6.00. The van der Waals surface area contributed by atoms with Crippen LogP contribution in [0.25, 0.3) is 0 Å². The molecule has 2 rings (SSSR count). The zero-order valence-corrected chi connectivity index (χ0v) is 12.6. The normalized spacial score (nSPS) is 12.4. The minimum atomic E-state index is 0.291. The molecule has 0 heterocycles. The lowest BCUT2D eigenvalue weighted by molar-refractivity contribution is 0.572. The second-order valence-corrected chi connectivity index (χ2v) is 5.61. The van der Waals surface area contributed by atoms with Crippen LogP contribution in [0.5, 0.6) is 0 Å². The van der Waals surface area contributed by atoms with E-state index in [1.165, 1.54) is 11.1 Å². The van der Waals surface area contributed by atoms with E-state index in [0.717, 1.165) is 12.1 Å². The zero-order chi connectivity index (χ0) is 13.8. The van der Waals surface area contributed by atoms with E-state index in [1.807, 2.05) is 12.1 Å². The van der Waals surface area contributed by atoms with Crippen LogP contribution in [0.4, 0.5) is 0 Å². The molecular weight excluding hydrogens is 277 g/mol. The Hall–Kier alpha value is -1.02. The molecule has 100 valence electrons. The second kappa shape index (κ2) is 6.42. The Kier molecular flexibility index (Phi) is 4.87. The van der Waals surface area contributed by atoms with Gasteiger partial charge in [0.1, 0.15) is 0 Å². The Morgan fingerprint density at radius 3 is 2.32 bits per heavy atom. The van der Waals surface area contributed by atoms with Crippen LogP contribution in [0.2, 0.25) is 10.0 Å². The standard InChI is InChI=1S/C16H17Cl2N/c1-11-5-3-4-6-16(11)12(2)19-10-13-7-14(17)9-15(18)8-13/h3-9,12,19H,10H2,1-2H3. The van der Waals surface area contributed by atoms with E-state index in [4.69, 9.17) is 23.2 Å². The molecule has 1 nitrogen and oxygen atoms in total. The summed E-state index contributed by atoms with van der Waals surface area (Å²) in [6.45, 7) is 5.04. The summed E-state index contributed by atoms with van der Waals surface area (Å²) >= 11 is 12.0. The molecule has 0 aliphatic rings. The van der Waals surface area contributed by atoms with E-state index >= 15 is 0 Å². The molecule has 2 aromatic carbocycles. The molecule has 0 saturated heterocycles. The molecule has 2 aromatic rings. The predicted molar refractivity (Wildman–Crippen MR) is 82.9 cm³/mol. The fourth-order valence-electron chi connectivity index (χ4n) is 2.17. The largest absolute Gasteiger partial charge is 0.306 e. The van der Waals surface area contributed by atoms with Crippen molar-refractivity contribution < 1.29 is 0 Å². The smallest absolute Gasteiger partial charge is 0.0424 e. The van der Waals surface area contributed by atoms with Crippen molar-refractivity contribution in [2.24, 2.45) is 0 Å². The van der Waals surface area contributed by atoms with Gasteiger partial charge in [-0.25, -0.2) is 0 Å². The molecule has 0 aliphatic heterocycles. The first-order valence-corrected chi connectivity index (χ1v) is 7.06. The molecule has 19 heavy (non-hydrogen) atoms. The number of hydrogen-bond donors (Lipinski definition) is 1. The fraction of sp³-hybridized carbons (Fsp3) is 0.250. The van der Waals surface area contributed by atoms with E-state index in [1.54, 1.807) is 6.07 Å². The summed E-state index contributed by atoms with van der Waals surface area (Å²) in [7, 11) is 0. The summed E-state index contributed by atoms with van der Waals surface area (Å²) in [6, 6.07) is 14.3. The molecule has 0 saturated carbocycles. The Bertz CT molecular complexity index is 546. The molecule has 3 heteroatoms. The molecule has 0 fully saturated rings. The van der Waals surface area contributed by atoms with Crippen LogP contribution in [0, 0.1) is 6.92 Å². The Morgan fingerprint density at radius 2 is 1.68 bits per heavy atom. The third kappa shape index (κ3) is 3.97. The minimum Gasteiger partial charge on any atom is -0.306 e. The topological polar surface area (TPSA) is 12.0 Å². The van der Waals surface area contributed by atoms with E-state index in [2.05, 4.69) is 43.4 Å². The van der Waals surface area contributed by atoms with Crippen LogP contribution >= 0.6 is 23.2 Å². The zero-order valence-electron chi connectivity index (χ0n) is 11.1. The molecule has 0 spiro atoms. The summed E-state index contributed by atoms with van der Waals surface area (Å²) in [5.74, 6) is 0. The number of halogens is 2. The molecule has 0 amide bonds. The van der Waals surface area contributed by atoms with Gasteiger partial charge in [-0.3, -0.25) is 0 Å². The molecule has 1 unspecified atom stereocenters. The van der Waals surface area contributed by atoms with E-state index < -0.39 is 0 Å². The van der Waals surface area contributed by atoms with Crippen molar-refractivity contribution in [2.75, 3.05) is 0 Å². The summed E-state index contributed by atoms with van der Waals surface area (Å²) in [4.78, 5) is 0. The highest BCUT2D eigenvalue weighted by molar-refractivity contribution is 6.34. The van der Waals surface area contributed by atoms with Gasteiger partial charge in [0.05, 0.1) is 0 Å². The first kappa shape index (κ1) is 14.4. The van der Waals surface area contributed by atoms with Crippen LogP contribution in [0.1, 0.15) is 29.7 Å². The number of nitrogens with one attached hydrogen (secondary N) is 1. The Labute approximate surface area is 124 Å². The highest BCUT2D eigenvalue weighted by atomic mass is 35.5. The van der Waals surface area contributed by atoms with Gasteiger partial charge in [-0.1, -0.05) is 47.5 Å². The van der Waals surface area contributed by atoms with E-state index in [9.17, 15) is 0 Å². The predicted octanol–water partition coefficient (Wildman–Crippen LogP) is 5.15. The molecule has 0 aromatic heterocycles. The number of rotatable bonds is 4. The Balaban J connectivity index is 2.04. The first-order valence-electron chi connectivity index (χ1n) is 6.30. The van der Waals surface area contributed by atoms with Gasteiger partial charge in [0.2, 0.25) is 0 Å². The van der Waals surface area contributed by atoms with Gasteiger partial charge in [-0.15, -0.1) is 0 Å². The van der Waals surface area contributed by atoms with Crippen molar-refractivity contribution in [3.8, 4) is 0 Å². The second-order valence-electron chi connectivity index (χ2n) is 4.74. The summed E-state index contributed by atoms with van der Waals surface area (Å²) < 4.78 is 0. The van der Waals surface area contributed by atoms with Crippen LogP contribution in [0.15, 0.2) is 42.5 Å². The minimum absolute atomic E-state index is 0.291. The number of hydrogen-bond acceptors (Lipinski definition) is 1. The molecule has 1 N–H and O–H groups in total. The van der Waals surface area contributed by atoms with Gasteiger partial charge in [-0.05, 0) is 48.7 Å². The average Bonchev–Trinajstić information content (AvgIpc) is 2.35. The van der Waals surface area contributed by atoms with Crippen molar-refractivity contribution in [3.05, 3.63) is 69.2 Å². The maximum atomic E-state index is 6.00. The third-order valence-electron chi connectivity index (χ3n) is 3.19. The molecule has 1 atom stereocenters. The van der Waals surface area contributed by atoms with Crippen molar-refractivity contribution >= 4 is 23.2 Å². The lowest BCUT2D eigenvalue weighted by atomic mass is 10.0. The van der Waals surface area contributed by atoms with Crippen molar-refractivity contribution in [1.29, 1.82) is 0 Å². The first-order chi connectivity index (χ1) is 9.06. The van der Waals surface area contributed by atoms with Gasteiger partial charge < -0.3 is 5.32 Å². The van der Waals surface area contributed by atoms with Gasteiger partial charge >= 0.3 is 0 Å². The quantitative estimate of drug-likeness (QED) is 0.822. The highest BCUT2D eigenvalue weighted by Crippen LogP contribution is 2.21. The van der Waals surface area contributed by atoms with E-state index in [-0.39, 0.29) is 0 Å². The highest BCUT2D eigenvalue weighted by Gasteiger charge is 2.07. The van der Waals surface area contributed by atoms with Crippen LogP contribution in [-0.4, -0.2) is 0 Å². The lowest BCUT2D eigenvalue weighted by Crippen LogP contribution is -2.18. The SMILES string of the molecule is Cc1ccccc1C(C)NCc1cc(Cl)cc(Cl)c1. The third-order valence-corrected chi connectivity index (χ3v) is 3.63. The van der Waals surface area contributed by atoms with Crippen molar-refractivity contribution in [3.63, 3.8) is 0 Å². The van der Waals surface area contributed by atoms with Crippen LogP contribution in [0.3, 0.4) is 0 Å². The summed E-state index contributed by atoms with van der Waals surface area (Å²) in [5.41, 5.74) is 3.71. The molecule has 0 aliphatic carbocycles. The number of aryl methyl sites for hydroxylation is 1. The average molecular weight is 294 g/mol. The fourth-order valence-corrected chi connectivity index (χ4v) is 2.74. The molecule has 0 bridgehead atoms. The van der Waals surface area contributed by atoms with Gasteiger partial charge in [0.15, 0.2) is 0 Å². The van der Waals surface area contributed by atoms with Crippen LogP contribution in [-0.2, 0) is 6.54 Å². The summed E-state index contributed by atoms with van der Waals surface area (Å²) in [6.07, 6.45) is 0. The van der Waals surface area contributed by atoms with Crippen LogP contribution < -0.4 is 5.32 Å². The van der Waals surface area contributed by atoms with Gasteiger partial charge in [0.25, 0.3) is 0 Å². The Morgan fingerprint density at radius 1 is 1.05 bits per heavy atom. The van der Waals surface area contributed by atoms with Gasteiger partial charge in [0, 0.05) is 22.6 Å². The molecule has 0 radical (unpaired) electrons.